The molecule has 0 aromatic rings. The molecule has 11 heteroatoms. The van der Waals surface area contributed by atoms with E-state index in [1.54, 1.807) is 0 Å². The standard InChI is InChI=1S/C39H65NO10/c1-5-17-43-19-21-45-23-25-47-27-28-48-26-24-46-22-20-44-18-16-40-37(41)11-6-30(2)34-9-10-35-33-8-7-31-29-32(49-50-42)12-14-38(31,3)36(33)13-15-39(34,35)4/h1,7,30,32-36,42H,6,8-29H2,2-4H3,(H,40,41). The lowest BCUT2D eigenvalue weighted by Crippen LogP contribution is -2.51. The highest BCUT2D eigenvalue weighted by Crippen LogP contribution is 2.67. The molecule has 4 rings (SSSR count). The van der Waals surface area contributed by atoms with E-state index in [1.807, 2.05) is 0 Å². The molecule has 0 saturated heterocycles. The SMILES string of the molecule is C#CCOCCOCCOCCOCCOCCOCCNC(=O)CCC(C)C1CCC2C3CC=C4CC(OOO)CCC4(C)C3CCC12C. The van der Waals surface area contributed by atoms with E-state index in [-0.39, 0.29) is 17.4 Å². The van der Waals surface area contributed by atoms with Crippen molar-refractivity contribution < 1.29 is 48.4 Å². The van der Waals surface area contributed by atoms with Gasteiger partial charge < -0.3 is 33.7 Å². The molecule has 11 nitrogen and oxygen atoms in total. The Morgan fingerprint density at radius 1 is 0.880 bits per heavy atom. The van der Waals surface area contributed by atoms with Crippen molar-refractivity contribution in [3.8, 4) is 12.3 Å². The number of terminal acetylenes is 1. The van der Waals surface area contributed by atoms with Crippen LogP contribution in [0.4, 0.5) is 0 Å². The second kappa shape index (κ2) is 21.8. The zero-order valence-corrected chi connectivity index (χ0v) is 31.0. The maximum Gasteiger partial charge on any atom is 0.220 e. The van der Waals surface area contributed by atoms with Gasteiger partial charge in [0.1, 0.15) is 6.61 Å². The van der Waals surface area contributed by atoms with Crippen molar-refractivity contribution >= 4 is 5.91 Å². The van der Waals surface area contributed by atoms with Gasteiger partial charge in [0.05, 0.1) is 78.8 Å². The molecule has 0 bridgehead atoms. The summed E-state index contributed by atoms with van der Waals surface area (Å²) in [5.74, 6) is 5.95. The molecule has 4 aliphatic rings. The van der Waals surface area contributed by atoms with Gasteiger partial charge in [-0.15, -0.1) is 6.42 Å². The second-order valence-electron chi connectivity index (χ2n) is 15.2. The molecule has 8 atom stereocenters. The van der Waals surface area contributed by atoms with Crippen molar-refractivity contribution in [2.75, 3.05) is 85.8 Å². The predicted molar refractivity (Wildman–Crippen MR) is 189 cm³/mol. The van der Waals surface area contributed by atoms with Crippen LogP contribution in [0.15, 0.2) is 11.6 Å². The molecule has 0 radical (unpaired) electrons. The van der Waals surface area contributed by atoms with Crippen molar-refractivity contribution in [3.05, 3.63) is 11.6 Å². The van der Waals surface area contributed by atoms with E-state index in [9.17, 15) is 4.79 Å². The van der Waals surface area contributed by atoms with Crippen LogP contribution < -0.4 is 5.32 Å². The fourth-order valence-corrected chi connectivity index (χ4v) is 9.89. The molecular formula is C39H65NO10. The molecule has 0 aromatic heterocycles. The summed E-state index contributed by atoms with van der Waals surface area (Å²) in [7, 11) is 0. The van der Waals surface area contributed by atoms with Crippen LogP contribution in [0.25, 0.3) is 0 Å². The Kier molecular flexibility index (Phi) is 18.0. The van der Waals surface area contributed by atoms with E-state index >= 15 is 0 Å². The fraction of sp³-hybridized carbons (Fsp3) is 0.872. The van der Waals surface area contributed by atoms with Crippen LogP contribution in [-0.4, -0.2) is 103 Å². The lowest BCUT2D eigenvalue weighted by atomic mass is 9.47. The van der Waals surface area contributed by atoms with Crippen LogP contribution in [0.5, 0.6) is 0 Å². The van der Waals surface area contributed by atoms with Gasteiger partial charge in [-0.3, -0.25) is 4.79 Å². The average Bonchev–Trinajstić information content (AvgIpc) is 3.47. The zero-order valence-electron chi connectivity index (χ0n) is 31.0. The molecule has 0 aliphatic heterocycles. The zero-order chi connectivity index (χ0) is 35.7. The van der Waals surface area contributed by atoms with E-state index in [2.05, 4.69) is 43.1 Å². The largest absolute Gasteiger partial charge is 0.377 e. The number of hydrogen-bond donors (Lipinski definition) is 2. The number of hydrogen-bond acceptors (Lipinski definition) is 10. The van der Waals surface area contributed by atoms with E-state index in [0.29, 0.717) is 109 Å². The summed E-state index contributed by atoms with van der Waals surface area (Å²) < 4.78 is 32.6. The second-order valence-corrected chi connectivity index (χ2v) is 15.2. The Labute approximate surface area is 300 Å². The van der Waals surface area contributed by atoms with E-state index in [1.165, 1.54) is 31.3 Å². The number of nitrogens with one attached hydrogen (secondary N) is 1. The minimum absolute atomic E-state index is 0.0466. The van der Waals surface area contributed by atoms with Gasteiger partial charge >= 0.3 is 0 Å². The number of carbonyl (C=O) groups is 1. The Bertz CT molecular complexity index is 1070. The normalized spacial score (nSPS) is 30.9. The molecule has 2 N–H and O–H groups in total. The molecule has 0 spiro atoms. The molecule has 3 saturated carbocycles. The topological polar surface area (TPSA) is 123 Å². The van der Waals surface area contributed by atoms with Crippen LogP contribution >= 0.6 is 0 Å². The number of rotatable bonds is 25. The van der Waals surface area contributed by atoms with Crippen molar-refractivity contribution in [1.82, 2.24) is 5.32 Å². The van der Waals surface area contributed by atoms with Crippen molar-refractivity contribution in [1.29, 1.82) is 0 Å². The maximum absolute atomic E-state index is 12.7. The first-order chi connectivity index (χ1) is 24.3. The fourth-order valence-electron chi connectivity index (χ4n) is 9.89. The van der Waals surface area contributed by atoms with Crippen molar-refractivity contribution in [3.63, 3.8) is 0 Å². The van der Waals surface area contributed by atoms with Gasteiger partial charge in [0.25, 0.3) is 0 Å². The van der Waals surface area contributed by atoms with Gasteiger partial charge in [-0.05, 0) is 98.2 Å². The molecule has 50 heavy (non-hydrogen) atoms. The van der Waals surface area contributed by atoms with Crippen LogP contribution in [0.1, 0.15) is 85.0 Å². The minimum Gasteiger partial charge on any atom is -0.377 e. The number of allylic oxidation sites excluding steroid dienone is 1. The van der Waals surface area contributed by atoms with Crippen molar-refractivity contribution in [2.24, 2.45) is 40.4 Å². The van der Waals surface area contributed by atoms with Crippen LogP contribution in [0, 0.1) is 52.8 Å². The average molecular weight is 708 g/mol. The summed E-state index contributed by atoms with van der Waals surface area (Å²) in [6.45, 7) is 13.7. The Morgan fingerprint density at radius 3 is 2.12 bits per heavy atom. The summed E-state index contributed by atoms with van der Waals surface area (Å²) in [6, 6.07) is 0. The smallest absolute Gasteiger partial charge is 0.220 e. The van der Waals surface area contributed by atoms with E-state index < -0.39 is 0 Å². The Hall–Kier alpha value is -1.59. The molecule has 0 aromatic carbocycles. The Balaban J connectivity index is 0.994. The van der Waals surface area contributed by atoms with Gasteiger partial charge in [-0.1, -0.05) is 43.4 Å². The monoisotopic (exact) mass is 707 g/mol. The molecule has 286 valence electrons. The number of fused-ring (bicyclic) bond motifs is 5. The molecule has 0 heterocycles. The van der Waals surface area contributed by atoms with Crippen molar-refractivity contribution in [2.45, 2.75) is 91.1 Å². The highest BCUT2D eigenvalue weighted by molar-refractivity contribution is 5.75. The molecule has 1 amide bonds. The molecule has 4 aliphatic carbocycles. The number of amides is 1. The number of ether oxygens (including phenoxy) is 6. The Morgan fingerprint density at radius 2 is 1.50 bits per heavy atom. The molecule has 8 unspecified atom stereocenters. The van der Waals surface area contributed by atoms with Gasteiger partial charge in [0, 0.05) is 13.0 Å². The molecule has 3 fully saturated rings. The maximum atomic E-state index is 12.7. The third kappa shape index (κ3) is 11.7. The lowest BCUT2D eigenvalue weighted by Gasteiger charge is -2.58. The lowest BCUT2D eigenvalue weighted by molar-refractivity contribution is -0.507. The summed E-state index contributed by atoms with van der Waals surface area (Å²) >= 11 is 0. The summed E-state index contributed by atoms with van der Waals surface area (Å²) in [5, 5.41) is 15.9. The summed E-state index contributed by atoms with van der Waals surface area (Å²) in [6.07, 6.45) is 18.3. The molecular weight excluding hydrogens is 642 g/mol. The first-order valence-corrected chi connectivity index (χ1v) is 19.2. The first-order valence-electron chi connectivity index (χ1n) is 19.2. The third-order valence-corrected chi connectivity index (χ3v) is 12.4. The van der Waals surface area contributed by atoms with Gasteiger partial charge in [0.2, 0.25) is 5.91 Å². The highest BCUT2D eigenvalue weighted by Gasteiger charge is 2.59. The first kappa shape index (κ1) is 41.2. The summed E-state index contributed by atoms with van der Waals surface area (Å²) in [4.78, 5) is 17.8. The van der Waals surface area contributed by atoms with Crippen LogP contribution in [0.3, 0.4) is 0 Å². The van der Waals surface area contributed by atoms with Crippen LogP contribution in [-0.2, 0) is 43.1 Å². The minimum atomic E-state index is -0.0466. The quantitative estimate of drug-likeness (QED) is 0.0407. The van der Waals surface area contributed by atoms with E-state index in [0.717, 1.165) is 49.9 Å². The van der Waals surface area contributed by atoms with Gasteiger partial charge in [-0.2, -0.15) is 0 Å². The number of carbonyl (C=O) groups excluding carboxylic acids is 1. The van der Waals surface area contributed by atoms with Gasteiger partial charge in [-0.25, -0.2) is 10.1 Å². The van der Waals surface area contributed by atoms with E-state index in [4.69, 9.17) is 45.0 Å². The third-order valence-electron chi connectivity index (χ3n) is 12.4. The summed E-state index contributed by atoms with van der Waals surface area (Å²) in [5.41, 5.74) is 2.11. The van der Waals surface area contributed by atoms with Crippen LogP contribution in [0.2, 0.25) is 0 Å². The van der Waals surface area contributed by atoms with Gasteiger partial charge in [0.15, 0.2) is 0 Å². The highest BCUT2D eigenvalue weighted by atomic mass is 17.5. The predicted octanol–water partition coefficient (Wildman–Crippen LogP) is 5.62.